The summed E-state index contributed by atoms with van der Waals surface area (Å²) in [5, 5.41) is 2.05. The van der Waals surface area contributed by atoms with Gasteiger partial charge in [0.15, 0.2) is 0 Å². The average Bonchev–Trinajstić information content (AvgIpc) is 3.25. The summed E-state index contributed by atoms with van der Waals surface area (Å²) in [4.78, 5) is 3.87. The Hall–Kier alpha value is -1.45. The van der Waals surface area contributed by atoms with Crippen LogP contribution in [0.4, 0.5) is 0 Å². The number of likely N-dealkylation sites (tertiary alicyclic amines) is 1. The highest BCUT2D eigenvalue weighted by Crippen LogP contribution is 2.30. The Labute approximate surface area is 184 Å². The van der Waals surface area contributed by atoms with E-state index in [0.29, 0.717) is 25.5 Å². The number of piperidine rings is 1. The number of benzene rings is 1. The summed E-state index contributed by atoms with van der Waals surface area (Å²) in [5.74, 6) is 1.40. The molecule has 1 aromatic heterocycles. The Morgan fingerprint density at radius 2 is 2.00 bits per heavy atom. The zero-order valence-corrected chi connectivity index (χ0v) is 19.6. The molecular weight excluding hydrogens is 420 g/mol. The van der Waals surface area contributed by atoms with Crippen molar-refractivity contribution >= 4 is 21.4 Å². The summed E-state index contributed by atoms with van der Waals surface area (Å²) in [5.41, 5.74) is 0.786. The third-order valence-corrected chi connectivity index (χ3v) is 7.99. The van der Waals surface area contributed by atoms with E-state index in [1.54, 1.807) is 36.6 Å². The van der Waals surface area contributed by atoms with Crippen LogP contribution in [-0.4, -0.2) is 53.3 Å². The molecule has 1 fully saturated rings. The zero-order chi connectivity index (χ0) is 21.6. The minimum Gasteiger partial charge on any atom is -0.491 e. The molecule has 1 aromatic carbocycles. The van der Waals surface area contributed by atoms with E-state index in [-0.39, 0.29) is 10.9 Å². The van der Waals surface area contributed by atoms with Crippen molar-refractivity contribution in [2.75, 3.05) is 40.0 Å². The Bertz CT molecular complexity index is 892. The largest absolute Gasteiger partial charge is 0.491 e. The first-order valence-corrected chi connectivity index (χ1v) is 12.8. The summed E-state index contributed by atoms with van der Waals surface area (Å²) in [6, 6.07) is 9.15. The molecular formula is C22H32N2O4S2. The third-order valence-electron chi connectivity index (χ3n) is 5.60. The van der Waals surface area contributed by atoms with E-state index in [1.807, 2.05) is 13.0 Å². The summed E-state index contributed by atoms with van der Waals surface area (Å²) >= 11 is 1.68. The quantitative estimate of drug-likeness (QED) is 0.555. The van der Waals surface area contributed by atoms with E-state index in [0.717, 1.165) is 37.4 Å². The molecule has 0 radical (unpaired) electrons. The standard InChI is InChI=1S/C22H32N2O4S2/c1-17-8-10-24(11-9-17)20(22-5-4-14-29-22)16-23-30(25,26)19-6-7-21(18(2)15-19)28-13-12-27-3/h4-7,14-15,17,20,23H,8-13,16H2,1-3H3. The van der Waals surface area contributed by atoms with Gasteiger partial charge in [-0.1, -0.05) is 13.0 Å². The van der Waals surface area contributed by atoms with Crippen molar-refractivity contribution in [1.29, 1.82) is 0 Å². The van der Waals surface area contributed by atoms with Crippen molar-refractivity contribution in [2.45, 2.75) is 37.6 Å². The maximum Gasteiger partial charge on any atom is 0.240 e. The molecule has 2 aromatic rings. The van der Waals surface area contributed by atoms with Crippen LogP contribution in [0.5, 0.6) is 5.75 Å². The number of hydrogen-bond acceptors (Lipinski definition) is 6. The predicted octanol–water partition coefficient (Wildman–Crippen LogP) is 3.83. The number of nitrogens with zero attached hydrogens (tertiary/aromatic N) is 1. The third kappa shape index (κ3) is 6.04. The summed E-state index contributed by atoms with van der Waals surface area (Å²) < 4.78 is 39.4. The molecule has 0 aliphatic carbocycles. The minimum absolute atomic E-state index is 0.0602. The van der Waals surface area contributed by atoms with Crippen molar-refractivity contribution in [3.8, 4) is 5.75 Å². The van der Waals surface area contributed by atoms with Crippen molar-refractivity contribution < 1.29 is 17.9 Å². The van der Waals surface area contributed by atoms with E-state index in [9.17, 15) is 8.42 Å². The molecule has 0 bridgehead atoms. The number of sulfonamides is 1. The SMILES string of the molecule is COCCOc1ccc(S(=O)(=O)NCC(c2cccs2)N2CCC(C)CC2)cc1C. The van der Waals surface area contributed by atoms with Crippen LogP contribution >= 0.6 is 11.3 Å². The summed E-state index contributed by atoms with van der Waals surface area (Å²) in [7, 11) is -2.00. The van der Waals surface area contributed by atoms with E-state index >= 15 is 0 Å². The topological polar surface area (TPSA) is 67.9 Å². The number of nitrogens with one attached hydrogen (secondary N) is 1. The van der Waals surface area contributed by atoms with E-state index in [4.69, 9.17) is 9.47 Å². The van der Waals surface area contributed by atoms with Gasteiger partial charge in [-0.25, -0.2) is 13.1 Å². The second-order valence-electron chi connectivity index (χ2n) is 7.87. The van der Waals surface area contributed by atoms with Gasteiger partial charge in [0.25, 0.3) is 0 Å². The van der Waals surface area contributed by atoms with Crippen LogP contribution in [0, 0.1) is 12.8 Å². The lowest BCUT2D eigenvalue weighted by Crippen LogP contribution is -2.41. The molecule has 1 aliphatic heterocycles. The Kier molecular flexibility index (Phi) is 8.30. The van der Waals surface area contributed by atoms with Crippen molar-refractivity contribution in [2.24, 2.45) is 5.92 Å². The van der Waals surface area contributed by atoms with Crippen LogP contribution in [0.2, 0.25) is 0 Å². The fraction of sp³-hybridized carbons (Fsp3) is 0.545. The Morgan fingerprint density at radius 3 is 2.63 bits per heavy atom. The number of hydrogen-bond donors (Lipinski definition) is 1. The van der Waals surface area contributed by atoms with Crippen LogP contribution in [0.25, 0.3) is 0 Å². The molecule has 8 heteroatoms. The van der Waals surface area contributed by atoms with Gasteiger partial charge < -0.3 is 9.47 Å². The molecule has 3 rings (SSSR count). The molecule has 166 valence electrons. The first-order chi connectivity index (χ1) is 14.4. The predicted molar refractivity (Wildman–Crippen MR) is 121 cm³/mol. The fourth-order valence-electron chi connectivity index (χ4n) is 3.69. The molecule has 1 N–H and O–H groups in total. The second-order valence-corrected chi connectivity index (χ2v) is 10.6. The highest BCUT2D eigenvalue weighted by molar-refractivity contribution is 7.89. The zero-order valence-electron chi connectivity index (χ0n) is 18.0. The van der Waals surface area contributed by atoms with E-state index in [1.165, 1.54) is 4.88 Å². The fourth-order valence-corrected chi connectivity index (χ4v) is 5.67. The molecule has 1 unspecified atom stereocenters. The van der Waals surface area contributed by atoms with Crippen LogP contribution in [0.1, 0.15) is 36.2 Å². The van der Waals surface area contributed by atoms with Gasteiger partial charge in [-0.05, 0) is 74.0 Å². The van der Waals surface area contributed by atoms with Crippen LogP contribution in [0.3, 0.4) is 0 Å². The number of methoxy groups -OCH3 is 1. The molecule has 0 amide bonds. The van der Waals surface area contributed by atoms with Crippen molar-refractivity contribution in [3.63, 3.8) is 0 Å². The molecule has 0 saturated carbocycles. The van der Waals surface area contributed by atoms with Gasteiger partial charge in [0.05, 0.1) is 17.5 Å². The molecule has 2 heterocycles. The first kappa shape index (κ1) is 23.2. The van der Waals surface area contributed by atoms with Crippen molar-refractivity contribution in [1.82, 2.24) is 9.62 Å². The molecule has 1 aliphatic rings. The normalized spacial score (nSPS) is 17.2. The van der Waals surface area contributed by atoms with Gasteiger partial charge >= 0.3 is 0 Å². The minimum atomic E-state index is -3.61. The number of ether oxygens (including phenoxy) is 2. The van der Waals surface area contributed by atoms with E-state index in [2.05, 4.69) is 28.0 Å². The van der Waals surface area contributed by atoms with Gasteiger partial charge in [0.2, 0.25) is 10.0 Å². The van der Waals surface area contributed by atoms with Gasteiger partial charge in [-0.3, -0.25) is 4.90 Å². The van der Waals surface area contributed by atoms with E-state index < -0.39 is 10.0 Å². The van der Waals surface area contributed by atoms with Crippen molar-refractivity contribution in [3.05, 3.63) is 46.2 Å². The lowest BCUT2D eigenvalue weighted by molar-refractivity contribution is 0.141. The van der Waals surface area contributed by atoms with Crippen LogP contribution in [-0.2, 0) is 14.8 Å². The van der Waals surface area contributed by atoms with Gasteiger partial charge in [0.1, 0.15) is 12.4 Å². The highest BCUT2D eigenvalue weighted by atomic mass is 32.2. The maximum absolute atomic E-state index is 13.0. The lowest BCUT2D eigenvalue weighted by Gasteiger charge is -2.36. The Balaban J connectivity index is 1.69. The molecule has 6 nitrogen and oxygen atoms in total. The molecule has 0 spiro atoms. The molecule has 30 heavy (non-hydrogen) atoms. The molecule has 1 saturated heterocycles. The smallest absolute Gasteiger partial charge is 0.240 e. The number of rotatable bonds is 10. The number of aryl methyl sites for hydroxylation is 1. The second kappa shape index (κ2) is 10.7. The van der Waals surface area contributed by atoms with Gasteiger partial charge in [-0.15, -0.1) is 11.3 Å². The first-order valence-electron chi connectivity index (χ1n) is 10.4. The van der Waals surface area contributed by atoms with Gasteiger partial charge in [-0.2, -0.15) is 0 Å². The van der Waals surface area contributed by atoms with Gasteiger partial charge in [0, 0.05) is 18.5 Å². The summed E-state index contributed by atoms with van der Waals surface area (Å²) in [6.07, 6.45) is 2.30. The average molecular weight is 453 g/mol. The van der Waals surface area contributed by atoms with Crippen LogP contribution in [0.15, 0.2) is 40.6 Å². The van der Waals surface area contributed by atoms with Crippen LogP contribution < -0.4 is 9.46 Å². The monoisotopic (exact) mass is 452 g/mol. The summed E-state index contributed by atoms with van der Waals surface area (Å²) in [6.45, 7) is 7.41. The maximum atomic E-state index is 13.0. The molecule has 1 atom stereocenters. The lowest BCUT2D eigenvalue weighted by atomic mass is 9.97. The highest BCUT2D eigenvalue weighted by Gasteiger charge is 2.27. The Morgan fingerprint density at radius 1 is 1.23 bits per heavy atom. The number of thiophene rings is 1.